The standard InChI is InChI=1S/C16H34N2/c1-6-15-7-9-18(10-8-15)13-16(4,5)12-17-11-14(2)3/h14-15,17H,6-13H2,1-5H3. The fraction of sp³-hybridized carbons (Fsp3) is 1.00. The minimum atomic E-state index is 0.397. The third-order valence-electron chi connectivity index (χ3n) is 4.09. The van der Waals surface area contributed by atoms with Gasteiger partial charge >= 0.3 is 0 Å². The van der Waals surface area contributed by atoms with Crippen molar-refractivity contribution in [2.24, 2.45) is 17.3 Å². The minimum Gasteiger partial charge on any atom is -0.316 e. The van der Waals surface area contributed by atoms with Gasteiger partial charge in [-0.2, -0.15) is 0 Å². The number of likely N-dealkylation sites (tertiary alicyclic amines) is 1. The van der Waals surface area contributed by atoms with Crippen LogP contribution in [0.4, 0.5) is 0 Å². The van der Waals surface area contributed by atoms with Crippen LogP contribution in [0.2, 0.25) is 0 Å². The fourth-order valence-corrected chi connectivity index (χ4v) is 2.91. The van der Waals surface area contributed by atoms with E-state index in [4.69, 9.17) is 0 Å². The minimum absolute atomic E-state index is 0.397. The maximum absolute atomic E-state index is 3.61. The fourth-order valence-electron chi connectivity index (χ4n) is 2.91. The van der Waals surface area contributed by atoms with Gasteiger partial charge in [-0.15, -0.1) is 0 Å². The van der Waals surface area contributed by atoms with Gasteiger partial charge in [0.1, 0.15) is 0 Å². The topological polar surface area (TPSA) is 15.3 Å². The molecule has 0 aromatic rings. The molecule has 0 amide bonds. The van der Waals surface area contributed by atoms with E-state index in [2.05, 4.69) is 44.8 Å². The predicted octanol–water partition coefficient (Wildman–Crippen LogP) is 3.38. The Labute approximate surface area is 115 Å². The molecule has 0 saturated carbocycles. The molecule has 1 fully saturated rings. The highest BCUT2D eigenvalue weighted by atomic mass is 15.1. The lowest BCUT2D eigenvalue weighted by Gasteiger charge is -2.37. The molecule has 0 spiro atoms. The third-order valence-corrected chi connectivity index (χ3v) is 4.09. The van der Waals surface area contributed by atoms with Crippen LogP contribution in [0.3, 0.4) is 0 Å². The van der Waals surface area contributed by atoms with Crippen LogP contribution < -0.4 is 5.32 Å². The predicted molar refractivity (Wildman–Crippen MR) is 80.9 cm³/mol. The summed E-state index contributed by atoms with van der Waals surface area (Å²) >= 11 is 0. The van der Waals surface area contributed by atoms with Gasteiger partial charge in [0.05, 0.1) is 0 Å². The van der Waals surface area contributed by atoms with Gasteiger partial charge in [-0.25, -0.2) is 0 Å². The van der Waals surface area contributed by atoms with Crippen molar-refractivity contribution in [3.8, 4) is 0 Å². The van der Waals surface area contributed by atoms with Crippen LogP contribution in [-0.4, -0.2) is 37.6 Å². The molecular formula is C16H34N2. The molecule has 1 heterocycles. The second-order valence-corrected chi connectivity index (χ2v) is 7.32. The summed E-state index contributed by atoms with van der Waals surface area (Å²) in [6.45, 7) is 17.8. The molecule has 2 nitrogen and oxygen atoms in total. The van der Waals surface area contributed by atoms with Crippen molar-refractivity contribution >= 4 is 0 Å². The SMILES string of the molecule is CCC1CCN(CC(C)(C)CNCC(C)C)CC1. The molecule has 2 heteroatoms. The molecule has 0 bridgehead atoms. The van der Waals surface area contributed by atoms with E-state index in [0.717, 1.165) is 24.9 Å². The first kappa shape index (κ1) is 16.0. The lowest BCUT2D eigenvalue weighted by Crippen LogP contribution is -2.44. The highest BCUT2D eigenvalue weighted by Gasteiger charge is 2.24. The first-order valence-electron chi connectivity index (χ1n) is 7.86. The molecule has 0 aliphatic carbocycles. The second kappa shape index (κ2) is 7.49. The lowest BCUT2D eigenvalue weighted by atomic mass is 9.89. The summed E-state index contributed by atoms with van der Waals surface area (Å²) in [5.41, 5.74) is 0.397. The molecule has 0 atom stereocenters. The van der Waals surface area contributed by atoms with Gasteiger partial charge in [0.25, 0.3) is 0 Å². The van der Waals surface area contributed by atoms with Gasteiger partial charge in [0.2, 0.25) is 0 Å². The van der Waals surface area contributed by atoms with Crippen molar-refractivity contribution in [1.82, 2.24) is 10.2 Å². The quantitative estimate of drug-likeness (QED) is 0.749. The Morgan fingerprint density at radius 2 is 1.83 bits per heavy atom. The van der Waals surface area contributed by atoms with E-state index in [-0.39, 0.29) is 0 Å². The van der Waals surface area contributed by atoms with E-state index < -0.39 is 0 Å². The molecule has 1 N–H and O–H groups in total. The van der Waals surface area contributed by atoms with Crippen molar-refractivity contribution in [2.75, 3.05) is 32.7 Å². The second-order valence-electron chi connectivity index (χ2n) is 7.32. The van der Waals surface area contributed by atoms with Gasteiger partial charge in [0, 0.05) is 13.1 Å². The number of rotatable bonds is 7. The average Bonchev–Trinajstić information content (AvgIpc) is 2.28. The van der Waals surface area contributed by atoms with Gasteiger partial charge in [-0.1, -0.05) is 41.0 Å². The summed E-state index contributed by atoms with van der Waals surface area (Å²) in [6, 6.07) is 0. The van der Waals surface area contributed by atoms with Crippen LogP contribution in [0, 0.1) is 17.3 Å². The van der Waals surface area contributed by atoms with E-state index in [1.807, 2.05) is 0 Å². The van der Waals surface area contributed by atoms with Gasteiger partial charge < -0.3 is 10.2 Å². The zero-order valence-electron chi connectivity index (χ0n) is 13.3. The van der Waals surface area contributed by atoms with Crippen molar-refractivity contribution in [3.05, 3.63) is 0 Å². The molecule has 1 saturated heterocycles. The molecule has 0 unspecified atom stereocenters. The summed E-state index contributed by atoms with van der Waals surface area (Å²) in [4.78, 5) is 2.67. The Kier molecular flexibility index (Phi) is 6.65. The molecule has 18 heavy (non-hydrogen) atoms. The highest BCUT2D eigenvalue weighted by Crippen LogP contribution is 2.23. The Balaban J connectivity index is 2.23. The largest absolute Gasteiger partial charge is 0.316 e. The van der Waals surface area contributed by atoms with Crippen LogP contribution in [0.15, 0.2) is 0 Å². The Hall–Kier alpha value is -0.0800. The number of nitrogens with zero attached hydrogens (tertiary/aromatic N) is 1. The monoisotopic (exact) mass is 254 g/mol. The van der Waals surface area contributed by atoms with Crippen molar-refractivity contribution < 1.29 is 0 Å². The molecule has 1 rings (SSSR count). The molecule has 1 aliphatic rings. The normalized spacial score (nSPS) is 19.7. The molecule has 1 aliphatic heterocycles. The van der Waals surface area contributed by atoms with Crippen LogP contribution in [0.5, 0.6) is 0 Å². The van der Waals surface area contributed by atoms with Crippen LogP contribution in [0.25, 0.3) is 0 Å². The molecule has 0 radical (unpaired) electrons. The van der Waals surface area contributed by atoms with E-state index in [1.165, 1.54) is 38.9 Å². The van der Waals surface area contributed by atoms with Crippen LogP contribution in [0.1, 0.15) is 53.9 Å². The first-order valence-corrected chi connectivity index (χ1v) is 7.86. The first-order chi connectivity index (χ1) is 8.43. The zero-order valence-corrected chi connectivity index (χ0v) is 13.3. The van der Waals surface area contributed by atoms with Crippen molar-refractivity contribution in [1.29, 1.82) is 0 Å². The Morgan fingerprint density at radius 3 is 2.33 bits per heavy atom. The summed E-state index contributed by atoms with van der Waals surface area (Å²) in [6.07, 6.45) is 4.19. The number of piperidine rings is 1. The van der Waals surface area contributed by atoms with E-state index in [1.54, 1.807) is 0 Å². The molecule has 0 aromatic heterocycles. The summed E-state index contributed by atoms with van der Waals surface area (Å²) in [5, 5.41) is 3.61. The lowest BCUT2D eigenvalue weighted by molar-refractivity contribution is 0.125. The van der Waals surface area contributed by atoms with Crippen molar-refractivity contribution in [2.45, 2.75) is 53.9 Å². The summed E-state index contributed by atoms with van der Waals surface area (Å²) in [7, 11) is 0. The Bertz CT molecular complexity index is 215. The smallest absolute Gasteiger partial charge is 0.00448 e. The average molecular weight is 254 g/mol. The Morgan fingerprint density at radius 1 is 1.22 bits per heavy atom. The maximum atomic E-state index is 3.61. The number of hydrogen-bond acceptors (Lipinski definition) is 2. The maximum Gasteiger partial charge on any atom is 0.00448 e. The van der Waals surface area contributed by atoms with Crippen LogP contribution in [-0.2, 0) is 0 Å². The van der Waals surface area contributed by atoms with Gasteiger partial charge in [-0.05, 0) is 49.7 Å². The van der Waals surface area contributed by atoms with Gasteiger partial charge in [0.15, 0.2) is 0 Å². The molecule has 0 aromatic carbocycles. The third kappa shape index (κ3) is 6.19. The summed E-state index contributed by atoms with van der Waals surface area (Å²) in [5.74, 6) is 1.74. The van der Waals surface area contributed by atoms with E-state index in [9.17, 15) is 0 Å². The van der Waals surface area contributed by atoms with Gasteiger partial charge in [-0.3, -0.25) is 0 Å². The van der Waals surface area contributed by atoms with E-state index >= 15 is 0 Å². The van der Waals surface area contributed by atoms with E-state index in [0.29, 0.717) is 5.41 Å². The number of hydrogen-bond donors (Lipinski definition) is 1. The number of nitrogens with one attached hydrogen (secondary N) is 1. The van der Waals surface area contributed by atoms with Crippen molar-refractivity contribution in [3.63, 3.8) is 0 Å². The molecule has 108 valence electrons. The molecular weight excluding hydrogens is 220 g/mol. The van der Waals surface area contributed by atoms with Crippen LogP contribution >= 0.6 is 0 Å². The zero-order chi connectivity index (χ0) is 13.6. The summed E-state index contributed by atoms with van der Waals surface area (Å²) < 4.78 is 0. The highest BCUT2D eigenvalue weighted by molar-refractivity contribution is 4.80.